The van der Waals surface area contributed by atoms with E-state index in [1.165, 1.54) is 0 Å². The second-order valence-corrected chi connectivity index (χ2v) is 7.02. The van der Waals surface area contributed by atoms with Gasteiger partial charge in [0, 0.05) is 24.6 Å². The predicted molar refractivity (Wildman–Crippen MR) is 103 cm³/mol. The molecule has 1 saturated heterocycles. The van der Waals surface area contributed by atoms with E-state index in [1.807, 2.05) is 40.4 Å². The molecule has 0 bridgehead atoms. The van der Waals surface area contributed by atoms with Gasteiger partial charge in [-0.2, -0.15) is 5.10 Å². The van der Waals surface area contributed by atoms with Crippen LogP contribution >= 0.6 is 11.6 Å². The van der Waals surface area contributed by atoms with Crippen LogP contribution in [0.5, 0.6) is 0 Å². The lowest BCUT2D eigenvalue weighted by molar-refractivity contribution is -0.0383. The second-order valence-electron chi connectivity index (χ2n) is 6.66. The minimum absolute atomic E-state index is 0.0656. The van der Waals surface area contributed by atoms with Gasteiger partial charge in [-0.25, -0.2) is 9.48 Å². The monoisotopic (exact) mass is 387 g/mol. The first kappa shape index (κ1) is 18.1. The third-order valence-corrected chi connectivity index (χ3v) is 5.47. The van der Waals surface area contributed by atoms with Crippen molar-refractivity contribution in [3.63, 3.8) is 0 Å². The van der Waals surface area contributed by atoms with Crippen LogP contribution in [0.3, 0.4) is 0 Å². The van der Waals surface area contributed by atoms with Crippen LogP contribution in [0, 0.1) is 6.92 Å². The summed E-state index contributed by atoms with van der Waals surface area (Å²) >= 11 is 6.55. The van der Waals surface area contributed by atoms with Gasteiger partial charge in [0.1, 0.15) is 5.15 Å². The van der Waals surface area contributed by atoms with Crippen molar-refractivity contribution in [2.75, 3.05) is 13.2 Å². The van der Waals surface area contributed by atoms with E-state index in [-0.39, 0.29) is 12.2 Å². The zero-order valence-electron chi connectivity index (χ0n) is 15.4. The lowest BCUT2D eigenvalue weighted by Crippen LogP contribution is -2.19. The van der Waals surface area contributed by atoms with Crippen LogP contribution in [-0.2, 0) is 9.47 Å². The molecule has 142 valence electrons. The van der Waals surface area contributed by atoms with E-state index in [0.29, 0.717) is 22.9 Å². The number of esters is 1. The average molecular weight is 388 g/mol. The molecule has 0 aliphatic carbocycles. The van der Waals surface area contributed by atoms with Crippen molar-refractivity contribution in [1.29, 1.82) is 0 Å². The first-order valence-electron chi connectivity index (χ1n) is 9.24. The van der Waals surface area contributed by atoms with E-state index in [9.17, 15) is 4.79 Å². The lowest BCUT2D eigenvalue weighted by atomic mass is 10.1. The molecule has 3 aromatic heterocycles. The summed E-state index contributed by atoms with van der Waals surface area (Å²) in [5.41, 5.74) is 3.92. The van der Waals surface area contributed by atoms with Crippen LogP contribution in [0.2, 0.25) is 5.15 Å². The smallest absolute Gasteiger partial charge is 0.338 e. The third-order valence-electron chi connectivity index (χ3n) is 5.00. The highest BCUT2D eigenvalue weighted by molar-refractivity contribution is 6.31. The van der Waals surface area contributed by atoms with Crippen LogP contribution in [0.4, 0.5) is 0 Å². The van der Waals surface area contributed by atoms with E-state index in [0.717, 1.165) is 42.6 Å². The Bertz CT molecular complexity index is 986. The van der Waals surface area contributed by atoms with Crippen LogP contribution in [0.15, 0.2) is 30.6 Å². The Kier molecular flexibility index (Phi) is 4.93. The van der Waals surface area contributed by atoms with Gasteiger partial charge in [0.05, 0.1) is 23.4 Å². The molecule has 1 unspecified atom stereocenters. The Morgan fingerprint density at radius 1 is 1.41 bits per heavy atom. The van der Waals surface area contributed by atoms with E-state index in [4.69, 9.17) is 21.1 Å². The predicted octanol–water partition coefficient (Wildman–Crippen LogP) is 4.64. The highest BCUT2D eigenvalue weighted by atomic mass is 35.5. The molecule has 0 saturated carbocycles. The summed E-state index contributed by atoms with van der Waals surface area (Å²) < 4.78 is 14.9. The van der Waals surface area contributed by atoms with Gasteiger partial charge in [0.15, 0.2) is 6.23 Å². The fourth-order valence-electron chi connectivity index (χ4n) is 3.61. The number of carbonyl (C=O) groups excluding carboxylic acids is 1. The average Bonchev–Trinajstić information content (AvgIpc) is 3.32. The van der Waals surface area contributed by atoms with E-state index >= 15 is 0 Å². The first-order chi connectivity index (χ1) is 13.1. The Balaban J connectivity index is 1.84. The maximum absolute atomic E-state index is 12.4. The summed E-state index contributed by atoms with van der Waals surface area (Å²) in [6.07, 6.45) is 6.77. The molecular formula is C20H22ClN3O3. The zero-order chi connectivity index (χ0) is 19.0. The van der Waals surface area contributed by atoms with Gasteiger partial charge in [0.25, 0.3) is 0 Å². The van der Waals surface area contributed by atoms with Gasteiger partial charge >= 0.3 is 5.97 Å². The van der Waals surface area contributed by atoms with Crippen molar-refractivity contribution in [2.45, 2.75) is 39.3 Å². The minimum Gasteiger partial charge on any atom is -0.462 e. The molecule has 0 aromatic carbocycles. The highest BCUT2D eigenvalue weighted by Gasteiger charge is 2.23. The fraction of sp³-hybridized carbons (Fsp3) is 0.400. The zero-order valence-corrected chi connectivity index (χ0v) is 16.2. The molecular weight excluding hydrogens is 366 g/mol. The van der Waals surface area contributed by atoms with Crippen molar-refractivity contribution in [3.05, 3.63) is 46.9 Å². The summed E-state index contributed by atoms with van der Waals surface area (Å²) in [7, 11) is 0. The standard InChI is InChI=1S/C20H22ClN3O3/c1-3-26-20(25)15-12-17-14(8-10-23(17)19(21)13(15)2)16-7-9-22-24(16)18-6-4-5-11-27-18/h7-10,12,18H,3-6,11H2,1-2H3. The Labute approximate surface area is 162 Å². The number of rotatable bonds is 4. The van der Waals surface area contributed by atoms with Crippen molar-refractivity contribution in [2.24, 2.45) is 0 Å². The van der Waals surface area contributed by atoms with E-state index in [2.05, 4.69) is 5.10 Å². The Morgan fingerprint density at radius 2 is 2.26 bits per heavy atom. The van der Waals surface area contributed by atoms with Crippen LogP contribution in [-0.4, -0.2) is 33.4 Å². The van der Waals surface area contributed by atoms with Crippen molar-refractivity contribution in [1.82, 2.24) is 14.2 Å². The normalized spacial score (nSPS) is 17.4. The molecule has 1 aliphatic heterocycles. The fourth-order valence-corrected chi connectivity index (χ4v) is 3.86. The molecule has 0 amide bonds. The molecule has 1 aliphatic rings. The molecule has 0 radical (unpaired) electrons. The van der Waals surface area contributed by atoms with Gasteiger partial charge in [-0.1, -0.05) is 11.6 Å². The third kappa shape index (κ3) is 3.13. The lowest BCUT2D eigenvalue weighted by Gasteiger charge is -2.24. The van der Waals surface area contributed by atoms with Crippen LogP contribution < -0.4 is 0 Å². The minimum atomic E-state index is -0.365. The SMILES string of the molecule is CCOC(=O)c1cc2c(-c3ccnn3C3CCCCO3)ccn2c(Cl)c1C. The summed E-state index contributed by atoms with van der Waals surface area (Å²) in [5, 5.41) is 4.99. The maximum Gasteiger partial charge on any atom is 0.338 e. The molecule has 4 heterocycles. The number of fused-ring (bicyclic) bond motifs is 1. The number of hydrogen-bond donors (Lipinski definition) is 0. The van der Waals surface area contributed by atoms with Crippen molar-refractivity contribution < 1.29 is 14.3 Å². The van der Waals surface area contributed by atoms with E-state index in [1.54, 1.807) is 13.1 Å². The quantitative estimate of drug-likeness (QED) is 0.483. The molecule has 6 nitrogen and oxygen atoms in total. The Morgan fingerprint density at radius 3 is 3.00 bits per heavy atom. The number of halogens is 1. The van der Waals surface area contributed by atoms with Crippen LogP contribution in [0.1, 0.15) is 48.3 Å². The highest BCUT2D eigenvalue weighted by Crippen LogP contribution is 2.34. The molecule has 0 N–H and O–H groups in total. The second kappa shape index (κ2) is 7.37. The number of nitrogens with zero attached hydrogens (tertiary/aromatic N) is 3. The molecule has 27 heavy (non-hydrogen) atoms. The number of pyridine rings is 1. The molecule has 1 fully saturated rings. The summed E-state index contributed by atoms with van der Waals surface area (Å²) in [4.78, 5) is 12.4. The number of carbonyl (C=O) groups is 1. The van der Waals surface area contributed by atoms with Gasteiger partial charge in [-0.05, 0) is 56.9 Å². The summed E-state index contributed by atoms with van der Waals surface area (Å²) in [6, 6.07) is 5.80. The van der Waals surface area contributed by atoms with Gasteiger partial charge in [-0.15, -0.1) is 0 Å². The number of ether oxygens (including phenoxy) is 2. The van der Waals surface area contributed by atoms with Gasteiger partial charge in [0.2, 0.25) is 0 Å². The molecule has 7 heteroatoms. The van der Waals surface area contributed by atoms with Crippen molar-refractivity contribution >= 4 is 23.1 Å². The first-order valence-corrected chi connectivity index (χ1v) is 9.62. The molecule has 4 rings (SSSR count). The topological polar surface area (TPSA) is 57.8 Å². The number of hydrogen-bond acceptors (Lipinski definition) is 4. The van der Waals surface area contributed by atoms with E-state index < -0.39 is 0 Å². The van der Waals surface area contributed by atoms with Gasteiger partial charge in [-0.3, -0.25) is 0 Å². The maximum atomic E-state index is 12.4. The number of aromatic nitrogens is 3. The molecule has 0 spiro atoms. The van der Waals surface area contributed by atoms with Crippen LogP contribution in [0.25, 0.3) is 16.8 Å². The molecule has 3 aromatic rings. The molecule has 1 atom stereocenters. The largest absolute Gasteiger partial charge is 0.462 e. The van der Waals surface area contributed by atoms with Crippen molar-refractivity contribution in [3.8, 4) is 11.3 Å². The Hall–Kier alpha value is -2.31. The summed E-state index contributed by atoms with van der Waals surface area (Å²) in [6.45, 7) is 4.69. The summed E-state index contributed by atoms with van der Waals surface area (Å²) in [5.74, 6) is -0.365. The van der Waals surface area contributed by atoms with Gasteiger partial charge < -0.3 is 13.9 Å².